The standard InChI is InChI=1S/C44H83O3PS/c1-6-11-16-18-20-22-23-25-27-29-31-36-43(48(38-13-8-3,39-14-9-4)40-15-10-5)41(34-30-28-26-24-21-19-17-12-7-2)42-35-32-33-37-44(42)49(45,46)47/h32-33,35,37,41,43H,6-31,34,36,38-40H2,1-5H3. The molecule has 0 saturated heterocycles. The molecule has 0 saturated carbocycles. The van der Waals surface area contributed by atoms with Crippen molar-refractivity contribution in [2.45, 2.75) is 231 Å². The Morgan fingerprint density at radius 3 is 1.22 bits per heavy atom. The van der Waals surface area contributed by atoms with Gasteiger partial charge in [-0.05, 0) is 50.2 Å². The van der Waals surface area contributed by atoms with Gasteiger partial charge in [-0.25, -0.2) is 8.42 Å². The highest BCUT2D eigenvalue weighted by molar-refractivity contribution is 7.85. The molecule has 0 spiro atoms. The lowest BCUT2D eigenvalue weighted by Gasteiger charge is -2.41. The maximum absolute atomic E-state index is 12.8. The molecule has 0 aromatic heterocycles. The van der Waals surface area contributed by atoms with Crippen LogP contribution >= 0.6 is 7.26 Å². The summed E-state index contributed by atoms with van der Waals surface area (Å²) in [7, 11) is -5.95. The minimum Gasteiger partial charge on any atom is -0.744 e. The van der Waals surface area contributed by atoms with Gasteiger partial charge in [-0.3, -0.25) is 0 Å². The van der Waals surface area contributed by atoms with E-state index in [-0.39, 0.29) is 10.8 Å². The first-order chi connectivity index (χ1) is 23.8. The highest BCUT2D eigenvalue weighted by Crippen LogP contribution is 2.69. The molecule has 0 N–H and O–H groups in total. The number of unbranched alkanes of at least 4 members (excludes halogenated alkanes) is 21. The summed E-state index contributed by atoms with van der Waals surface area (Å²) >= 11 is 0. The summed E-state index contributed by atoms with van der Waals surface area (Å²) in [5, 5.41) is 0. The van der Waals surface area contributed by atoms with Crippen molar-refractivity contribution in [1.29, 1.82) is 0 Å². The number of benzene rings is 1. The van der Waals surface area contributed by atoms with Gasteiger partial charge in [0, 0.05) is 13.2 Å². The van der Waals surface area contributed by atoms with Gasteiger partial charge in [-0.1, -0.05) is 194 Å². The molecule has 288 valence electrons. The summed E-state index contributed by atoms with van der Waals surface area (Å²) < 4.78 is 38.3. The van der Waals surface area contributed by atoms with Crippen molar-refractivity contribution >= 4 is 17.4 Å². The van der Waals surface area contributed by atoms with E-state index in [9.17, 15) is 13.0 Å². The van der Waals surface area contributed by atoms with E-state index in [2.05, 4.69) is 34.6 Å². The van der Waals surface area contributed by atoms with Gasteiger partial charge in [0.1, 0.15) is 10.1 Å². The maximum Gasteiger partial charge on any atom is 0.124 e. The fourth-order valence-corrected chi connectivity index (χ4v) is 15.4. The van der Waals surface area contributed by atoms with Crippen LogP contribution in [0.15, 0.2) is 29.2 Å². The molecule has 0 aliphatic heterocycles. The quantitative estimate of drug-likeness (QED) is 0.0398. The Bertz CT molecular complexity index is 972. The summed E-state index contributed by atoms with van der Waals surface area (Å²) in [5.74, 6) is 0.173. The van der Waals surface area contributed by atoms with Crippen LogP contribution in [-0.2, 0) is 10.1 Å². The van der Waals surface area contributed by atoms with Crippen LogP contribution in [0.1, 0.15) is 226 Å². The SMILES string of the molecule is CCCCCCCCCCCCCC(C(CCCCCCCCCCC)c1ccccc1S(=O)(=O)[O-])[P+](CCCC)(CCCC)CCCC. The molecule has 1 rings (SSSR count). The fraction of sp³-hybridized carbons (Fsp3) is 0.864. The van der Waals surface area contributed by atoms with Gasteiger partial charge >= 0.3 is 0 Å². The highest BCUT2D eigenvalue weighted by Gasteiger charge is 2.48. The first-order valence-electron chi connectivity index (χ1n) is 21.7. The van der Waals surface area contributed by atoms with E-state index in [1.807, 2.05) is 12.1 Å². The van der Waals surface area contributed by atoms with E-state index in [1.54, 1.807) is 12.1 Å². The molecular formula is C44H83O3PS. The normalized spacial score (nSPS) is 13.6. The van der Waals surface area contributed by atoms with Crippen LogP contribution in [0.25, 0.3) is 0 Å². The van der Waals surface area contributed by atoms with Crippen molar-refractivity contribution in [3.63, 3.8) is 0 Å². The van der Waals surface area contributed by atoms with Gasteiger partial charge < -0.3 is 4.55 Å². The summed E-state index contributed by atoms with van der Waals surface area (Å²) in [6, 6.07) is 7.41. The zero-order valence-electron chi connectivity index (χ0n) is 33.5. The third-order valence-corrected chi connectivity index (χ3v) is 17.9. The second kappa shape index (κ2) is 30.1. The average Bonchev–Trinajstić information content (AvgIpc) is 3.10. The molecule has 0 radical (unpaired) electrons. The third kappa shape index (κ3) is 20.4. The third-order valence-electron chi connectivity index (χ3n) is 11.3. The van der Waals surface area contributed by atoms with E-state index in [0.29, 0.717) is 5.66 Å². The molecule has 5 heteroatoms. The second-order valence-corrected chi connectivity index (χ2v) is 21.3. The summed E-state index contributed by atoms with van der Waals surface area (Å²) in [6.45, 7) is 11.6. The first-order valence-corrected chi connectivity index (χ1v) is 25.5. The zero-order valence-corrected chi connectivity index (χ0v) is 35.2. The molecule has 0 fully saturated rings. The van der Waals surface area contributed by atoms with Crippen LogP contribution in [0.5, 0.6) is 0 Å². The Morgan fingerprint density at radius 1 is 0.490 bits per heavy atom. The second-order valence-electron chi connectivity index (χ2n) is 15.6. The number of rotatable bonds is 35. The van der Waals surface area contributed by atoms with Crippen molar-refractivity contribution in [3.05, 3.63) is 29.8 Å². The Kier molecular flexibility index (Phi) is 28.6. The fourth-order valence-electron chi connectivity index (χ4n) is 8.37. The van der Waals surface area contributed by atoms with Gasteiger partial charge in [-0.2, -0.15) is 0 Å². The predicted molar refractivity (Wildman–Crippen MR) is 220 cm³/mol. The van der Waals surface area contributed by atoms with Crippen LogP contribution in [0.3, 0.4) is 0 Å². The largest absolute Gasteiger partial charge is 0.744 e. The topological polar surface area (TPSA) is 57.2 Å². The van der Waals surface area contributed by atoms with Crippen LogP contribution < -0.4 is 0 Å². The number of hydrogen-bond donors (Lipinski definition) is 0. The van der Waals surface area contributed by atoms with E-state index in [4.69, 9.17) is 0 Å². The van der Waals surface area contributed by atoms with Crippen LogP contribution in [0, 0.1) is 0 Å². The van der Waals surface area contributed by atoms with Crippen molar-refractivity contribution in [1.82, 2.24) is 0 Å². The molecule has 1 aromatic carbocycles. The van der Waals surface area contributed by atoms with Gasteiger partial charge in [0.15, 0.2) is 0 Å². The van der Waals surface area contributed by atoms with Gasteiger partial charge in [0.25, 0.3) is 0 Å². The lowest BCUT2D eigenvalue weighted by Crippen LogP contribution is -2.30. The Labute approximate surface area is 308 Å². The molecule has 2 unspecified atom stereocenters. The van der Waals surface area contributed by atoms with Crippen LogP contribution in [-0.4, -0.2) is 37.1 Å². The summed E-state index contributed by atoms with van der Waals surface area (Å²) in [4.78, 5) is 0.0689. The lowest BCUT2D eigenvalue weighted by atomic mass is 9.87. The minimum atomic E-state index is -4.54. The lowest BCUT2D eigenvalue weighted by molar-refractivity contribution is 0.453. The van der Waals surface area contributed by atoms with Crippen LogP contribution in [0.4, 0.5) is 0 Å². The van der Waals surface area contributed by atoms with Crippen molar-refractivity contribution in [2.75, 3.05) is 18.5 Å². The van der Waals surface area contributed by atoms with Gasteiger partial charge in [-0.15, -0.1) is 0 Å². The van der Waals surface area contributed by atoms with Crippen LogP contribution in [0.2, 0.25) is 0 Å². The van der Waals surface area contributed by atoms with Gasteiger partial charge in [0.2, 0.25) is 0 Å². The van der Waals surface area contributed by atoms with E-state index >= 15 is 0 Å². The molecule has 2 atom stereocenters. The van der Waals surface area contributed by atoms with E-state index in [0.717, 1.165) is 18.4 Å². The smallest absolute Gasteiger partial charge is 0.124 e. The molecular weight excluding hydrogens is 640 g/mol. The van der Waals surface area contributed by atoms with Crippen molar-refractivity contribution < 1.29 is 13.0 Å². The first kappa shape index (κ1) is 46.6. The molecule has 0 heterocycles. The van der Waals surface area contributed by atoms with E-state index < -0.39 is 17.4 Å². The molecule has 0 bridgehead atoms. The Hall–Kier alpha value is -0.440. The molecule has 3 nitrogen and oxygen atoms in total. The highest BCUT2D eigenvalue weighted by atomic mass is 32.2. The maximum atomic E-state index is 12.8. The molecule has 0 aliphatic carbocycles. The number of hydrogen-bond acceptors (Lipinski definition) is 3. The monoisotopic (exact) mass is 723 g/mol. The van der Waals surface area contributed by atoms with Crippen molar-refractivity contribution in [2.24, 2.45) is 0 Å². The summed E-state index contributed by atoms with van der Waals surface area (Å²) in [5.41, 5.74) is 1.38. The molecule has 0 aliphatic rings. The summed E-state index contributed by atoms with van der Waals surface area (Å²) in [6.07, 6.45) is 40.2. The minimum absolute atomic E-state index is 0.0689. The van der Waals surface area contributed by atoms with Gasteiger partial charge in [0.05, 0.1) is 29.0 Å². The Balaban J connectivity index is 3.32. The molecule has 49 heavy (non-hydrogen) atoms. The zero-order chi connectivity index (χ0) is 36.1. The van der Waals surface area contributed by atoms with Crippen molar-refractivity contribution in [3.8, 4) is 0 Å². The molecule has 0 amide bonds. The Morgan fingerprint density at radius 2 is 0.837 bits per heavy atom. The average molecular weight is 723 g/mol. The predicted octanol–water partition coefficient (Wildman–Crippen LogP) is 15.1. The molecule has 1 aromatic rings. The van der Waals surface area contributed by atoms with E-state index in [1.165, 1.54) is 185 Å².